The van der Waals surface area contributed by atoms with Gasteiger partial charge >= 0.3 is 5.97 Å². The van der Waals surface area contributed by atoms with E-state index in [-0.39, 0.29) is 5.97 Å². The lowest BCUT2D eigenvalue weighted by Gasteiger charge is -2.10. The molecule has 2 aromatic rings. The number of benzene rings is 1. The Morgan fingerprint density at radius 1 is 1.21 bits per heavy atom. The van der Waals surface area contributed by atoms with E-state index >= 15 is 0 Å². The van der Waals surface area contributed by atoms with E-state index in [1.165, 1.54) is 0 Å². The van der Waals surface area contributed by atoms with Crippen LogP contribution >= 0.6 is 0 Å². The molecule has 19 heavy (non-hydrogen) atoms. The van der Waals surface area contributed by atoms with E-state index in [1.807, 2.05) is 44.2 Å². The second kappa shape index (κ2) is 6.14. The predicted molar refractivity (Wildman–Crippen MR) is 75.0 cm³/mol. The Morgan fingerprint density at radius 3 is 2.74 bits per heavy atom. The molecule has 1 aromatic heterocycles. The van der Waals surface area contributed by atoms with Crippen LogP contribution in [0.25, 0.3) is 11.3 Å². The summed E-state index contributed by atoms with van der Waals surface area (Å²) in [5.74, 6) is -0.267. The number of carbonyl (C=O) groups excluding carboxylic acids is 1. The normalized spacial score (nSPS) is 10.2. The summed E-state index contributed by atoms with van der Waals surface area (Å²) in [4.78, 5) is 16.3. The Balaban J connectivity index is 2.36. The Morgan fingerprint density at radius 2 is 2.05 bits per heavy atom. The molecule has 0 unspecified atom stereocenters. The molecule has 0 atom stereocenters. The molecular weight excluding hydrogens is 238 g/mol. The first-order chi connectivity index (χ1) is 9.24. The van der Waals surface area contributed by atoms with Crippen molar-refractivity contribution in [3.05, 3.63) is 53.7 Å². The van der Waals surface area contributed by atoms with Gasteiger partial charge in [-0.05, 0) is 37.1 Å². The number of esters is 1. The summed E-state index contributed by atoms with van der Waals surface area (Å²) in [6.07, 6.45) is 2.57. The van der Waals surface area contributed by atoms with Gasteiger partial charge in [-0.2, -0.15) is 0 Å². The molecule has 98 valence electrons. The molecule has 0 radical (unpaired) electrons. The van der Waals surface area contributed by atoms with Crippen molar-refractivity contribution in [2.75, 3.05) is 6.61 Å². The molecule has 0 aliphatic rings. The summed E-state index contributed by atoms with van der Waals surface area (Å²) in [6, 6.07) is 11.4. The Bertz CT molecular complexity index is 564. The van der Waals surface area contributed by atoms with Gasteiger partial charge in [0, 0.05) is 11.8 Å². The van der Waals surface area contributed by atoms with Crippen LogP contribution in [0.3, 0.4) is 0 Å². The van der Waals surface area contributed by atoms with E-state index in [4.69, 9.17) is 4.74 Å². The Labute approximate surface area is 113 Å². The monoisotopic (exact) mass is 255 g/mol. The predicted octanol–water partition coefficient (Wildman–Crippen LogP) is 3.62. The second-order valence-electron chi connectivity index (χ2n) is 4.33. The molecule has 0 amide bonds. The largest absolute Gasteiger partial charge is 0.462 e. The average molecular weight is 255 g/mol. The fraction of sp³-hybridized carbons (Fsp3) is 0.250. The van der Waals surface area contributed by atoms with E-state index < -0.39 is 0 Å². The van der Waals surface area contributed by atoms with Crippen LogP contribution in [0.1, 0.15) is 29.3 Å². The van der Waals surface area contributed by atoms with Crippen molar-refractivity contribution < 1.29 is 9.53 Å². The van der Waals surface area contributed by atoms with Crippen molar-refractivity contribution in [2.45, 2.75) is 20.3 Å². The van der Waals surface area contributed by atoms with Gasteiger partial charge in [0.1, 0.15) is 0 Å². The molecule has 0 saturated heterocycles. The number of rotatable bonds is 4. The van der Waals surface area contributed by atoms with Crippen LogP contribution in [0.5, 0.6) is 0 Å². The van der Waals surface area contributed by atoms with Crippen molar-refractivity contribution >= 4 is 5.97 Å². The maximum absolute atomic E-state index is 12.0. The number of pyridine rings is 1. The highest BCUT2D eigenvalue weighted by atomic mass is 16.5. The minimum absolute atomic E-state index is 0.267. The zero-order chi connectivity index (χ0) is 13.7. The van der Waals surface area contributed by atoms with Crippen LogP contribution in [-0.4, -0.2) is 17.6 Å². The number of ether oxygens (including phenoxy) is 1. The fourth-order valence-electron chi connectivity index (χ4n) is 1.93. The van der Waals surface area contributed by atoms with Crippen LogP contribution in [0.15, 0.2) is 42.6 Å². The molecule has 0 bridgehead atoms. The number of aromatic nitrogens is 1. The smallest absolute Gasteiger partial charge is 0.338 e. The van der Waals surface area contributed by atoms with E-state index in [0.29, 0.717) is 12.2 Å². The molecule has 3 nitrogen and oxygen atoms in total. The zero-order valence-electron chi connectivity index (χ0n) is 11.2. The number of nitrogens with zero attached hydrogens (tertiary/aromatic N) is 1. The van der Waals surface area contributed by atoms with E-state index in [0.717, 1.165) is 23.2 Å². The molecule has 0 fully saturated rings. The number of hydrogen-bond acceptors (Lipinski definition) is 3. The minimum atomic E-state index is -0.267. The van der Waals surface area contributed by atoms with Gasteiger partial charge in [0.25, 0.3) is 0 Å². The van der Waals surface area contributed by atoms with E-state index in [1.54, 1.807) is 12.3 Å². The molecule has 0 saturated carbocycles. The molecule has 1 heterocycles. The molecular formula is C16H17NO2. The maximum atomic E-state index is 12.0. The fourth-order valence-corrected chi connectivity index (χ4v) is 1.93. The van der Waals surface area contributed by atoms with Gasteiger partial charge < -0.3 is 4.74 Å². The minimum Gasteiger partial charge on any atom is -0.462 e. The first-order valence-electron chi connectivity index (χ1n) is 6.42. The van der Waals surface area contributed by atoms with Gasteiger partial charge in [0.15, 0.2) is 0 Å². The first kappa shape index (κ1) is 13.3. The average Bonchev–Trinajstić information content (AvgIpc) is 2.46. The maximum Gasteiger partial charge on any atom is 0.338 e. The second-order valence-corrected chi connectivity index (χ2v) is 4.33. The highest BCUT2D eigenvalue weighted by molar-refractivity contribution is 5.93. The van der Waals surface area contributed by atoms with E-state index in [9.17, 15) is 4.79 Å². The number of hydrogen-bond donors (Lipinski definition) is 0. The lowest BCUT2D eigenvalue weighted by atomic mass is 10.00. The SMILES string of the molecule is CCCOC(=O)c1cccc(-c2ccccn2)c1C. The van der Waals surface area contributed by atoms with Crippen molar-refractivity contribution in [1.29, 1.82) is 0 Å². The third kappa shape index (κ3) is 2.99. The number of carbonyl (C=O) groups is 1. The first-order valence-corrected chi connectivity index (χ1v) is 6.42. The molecule has 1 aromatic carbocycles. The zero-order valence-corrected chi connectivity index (χ0v) is 11.2. The van der Waals surface area contributed by atoms with Crippen LogP contribution in [0.4, 0.5) is 0 Å². The third-order valence-electron chi connectivity index (χ3n) is 2.93. The van der Waals surface area contributed by atoms with Crippen LogP contribution in [0, 0.1) is 6.92 Å². The Kier molecular flexibility index (Phi) is 4.29. The highest BCUT2D eigenvalue weighted by Crippen LogP contribution is 2.24. The lowest BCUT2D eigenvalue weighted by molar-refractivity contribution is 0.0504. The summed E-state index contributed by atoms with van der Waals surface area (Å²) in [5, 5.41) is 0. The van der Waals surface area contributed by atoms with E-state index in [2.05, 4.69) is 4.98 Å². The van der Waals surface area contributed by atoms with Gasteiger partial charge in [-0.15, -0.1) is 0 Å². The molecule has 0 N–H and O–H groups in total. The highest BCUT2D eigenvalue weighted by Gasteiger charge is 2.13. The van der Waals surface area contributed by atoms with Crippen LogP contribution in [-0.2, 0) is 4.74 Å². The van der Waals surface area contributed by atoms with Gasteiger partial charge in [0.05, 0.1) is 17.9 Å². The molecule has 0 aliphatic heterocycles. The van der Waals surface area contributed by atoms with Gasteiger partial charge in [-0.25, -0.2) is 4.79 Å². The summed E-state index contributed by atoms with van der Waals surface area (Å²) in [5.41, 5.74) is 3.34. The summed E-state index contributed by atoms with van der Waals surface area (Å²) >= 11 is 0. The summed E-state index contributed by atoms with van der Waals surface area (Å²) in [7, 11) is 0. The van der Waals surface area contributed by atoms with Crippen molar-refractivity contribution in [3.63, 3.8) is 0 Å². The van der Waals surface area contributed by atoms with Gasteiger partial charge in [-0.3, -0.25) is 4.98 Å². The summed E-state index contributed by atoms with van der Waals surface area (Å²) in [6.45, 7) is 4.35. The van der Waals surface area contributed by atoms with Crippen LogP contribution < -0.4 is 0 Å². The van der Waals surface area contributed by atoms with Crippen LogP contribution in [0.2, 0.25) is 0 Å². The molecule has 2 rings (SSSR count). The van der Waals surface area contributed by atoms with Gasteiger partial charge in [0.2, 0.25) is 0 Å². The standard InChI is InChI=1S/C16H17NO2/c1-3-11-19-16(18)14-8-6-7-13(12(14)2)15-9-4-5-10-17-15/h4-10H,3,11H2,1-2H3. The van der Waals surface area contributed by atoms with Crippen molar-refractivity contribution in [2.24, 2.45) is 0 Å². The molecule has 0 aliphatic carbocycles. The topological polar surface area (TPSA) is 39.2 Å². The van der Waals surface area contributed by atoms with Crippen molar-refractivity contribution in [1.82, 2.24) is 4.98 Å². The quantitative estimate of drug-likeness (QED) is 0.783. The molecule has 3 heteroatoms. The third-order valence-corrected chi connectivity index (χ3v) is 2.93. The molecule has 0 spiro atoms. The van der Waals surface area contributed by atoms with Gasteiger partial charge in [-0.1, -0.05) is 25.1 Å². The summed E-state index contributed by atoms with van der Waals surface area (Å²) < 4.78 is 5.19. The lowest BCUT2D eigenvalue weighted by Crippen LogP contribution is -2.08. The Hall–Kier alpha value is -2.16. The van der Waals surface area contributed by atoms with Crippen molar-refractivity contribution in [3.8, 4) is 11.3 Å².